The Morgan fingerprint density at radius 3 is 2.24 bits per heavy atom. The highest BCUT2D eigenvalue weighted by molar-refractivity contribution is 5.76. The minimum Gasteiger partial charge on any atom is -0.459 e. The smallest absolute Gasteiger partial charge is 0.324 e. The molecular weight excluding hydrogens is 214 g/mol. The summed E-state index contributed by atoms with van der Waals surface area (Å²) in [4.78, 5) is 11.9. The molecule has 1 atom stereocenters. The summed E-state index contributed by atoms with van der Waals surface area (Å²) in [6.45, 7) is 7.73. The number of nitriles is 1. The van der Waals surface area contributed by atoms with Crippen molar-refractivity contribution in [1.82, 2.24) is 0 Å². The van der Waals surface area contributed by atoms with Crippen molar-refractivity contribution in [2.75, 3.05) is 0 Å². The van der Waals surface area contributed by atoms with Crippen LogP contribution in [0.15, 0.2) is 0 Å². The van der Waals surface area contributed by atoms with E-state index in [0.29, 0.717) is 0 Å². The molecule has 0 aromatic carbocycles. The van der Waals surface area contributed by atoms with E-state index in [1.165, 1.54) is 0 Å². The molecule has 0 spiro atoms. The zero-order valence-corrected chi connectivity index (χ0v) is 11.3. The van der Waals surface area contributed by atoms with Crippen LogP contribution in [-0.4, -0.2) is 11.6 Å². The van der Waals surface area contributed by atoms with Crippen LogP contribution in [0.2, 0.25) is 0 Å². The lowest BCUT2D eigenvalue weighted by Gasteiger charge is -2.30. The zero-order valence-electron chi connectivity index (χ0n) is 11.3. The molecule has 0 amide bonds. The normalized spacial score (nSPS) is 27.0. The second-order valence-electron chi connectivity index (χ2n) is 6.16. The third kappa shape index (κ3) is 4.38. The number of nitrogens with zero attached hydrogens (tertiary/aromatic N) is 1. The van der Waals surface area contributed by atoms with E-state index in [4.69, 9.17) is 10.00 Å². The molecule has 0 aromatic heterocycles. The molecule has 1 rings (SSSR count). The van der Waals surface area contributed by atoms with Gasteiger partial charge < -0.3 is 4.74 Å². The fourth-order valence-corrected chi connectivity index (χ4v) is 2.34. The largest absolute Gasteiger partial charge is 0.459 e. The summed E-state index contributed by atoms with van der Waals surface area (Å²) in [5.74, 6) is -0.0171. The molecule has 1 unspecified atom stereocenters. The number of carbonyl (C=O) groups is 1. The van der Waals surface area contributed by atoms with Crippen molar-refractivity contribution >= 4 is 5.97 Å². The van der Waals surface area contributed by atoms with Crippen molar-refractivity contribution in [2.24, 2.45) is 17.8 Å². The van der Waals surface area contributed by atoms with Crippen LogP contribution in [0, 0.1) is 29.1 Å². The molecule has 1 aliphatic carbocycles. The summed E-state index contributed by atoms with van der Waals surface area (Å²) in [6, 6.07) is 2.13. The minimum atomic E-state index is -0.582. The highest BCUT2D eigenvalue weighted by Crippen LogP contribution is 2.34. The lowest BCUT2D eigenvalue weighted by molar-refractivity contribution is -0.160. The quantitative estimate of drug-likeness (QED) is 0.692. The SMILES string of the molecule is CC1CCC(C(C#N)C(=O)OC(C)(C)C)CC1. The van der Waals surface area contributed by atoms with Crippen molar-refractivity contribution < 1.29 is 9.53 Å². The van der Waals surface area contributed by atoms with Crippen LogP contribution < -0.4 is 0 Å². The van der Waals surface area contributed by atoms with E-state index < -0.39 is 11.5 Å². The first-order valence-corrected chi connectivity index (χ1v) is 6.46. The van der Waals surface area contributed by atoms with Crippen LogP contribution >= 0.6 is 0 Å². The Hall–Kier alpha value is -1.04. The standard InChI is InChI=1S/C14H23NO2/c1-10-5-7-11(8-6-10)12(9-15)13(16)17-14(2,3)4/h10-12H,5-8H2,1-4H3. The number of hydrogen-bond donors (Lipinski definition) is 0. The van der Waals surface area contributed by atoms with Gasteiger partial charge in [0.2, 0.25) is 0 Å². The second-order valence-corrected chi connectivity index (χ2v) is 6.16. The van der Waals surface area contributed by atoms with Crippen molar-refractivity contribution in [1.29, 1.82) is 5.26 Å². The van der Waals surface area contributed by atoms with E-state index in [9.17, 15) is 4.79 Å². The van der Waals surface area contributed by atoms with Gasteiger partial charge in [-0.25, -0.2) is 0 Å². The predicted molar refractivity (Wildman–Crippen MR) is 66.1 cm³/mol. The van der Waals surface area contributed by atoms with Crippen molar-refractivity contribution in [2.45, 2.75) is 59.0 Å². The summed E-state index contributed by atoms with van der Waals surface area (Å²) >= 11 is 0. The molecule has 1 aliphatic rings. The van der Waals surface area contributed by atoms with E-state index in [2.05, 4.69) is 13.0 Å². The number of hydrogen-bond acceptors (Lipinski definition) is 3. The van der Waals surface area contributed by atoms with Crippen LogP contribution in [-0.2, 0) is 9.53 Å². The van der Waals surface area contributed by atoms with Crippen molar-refractivity contribution in [3.63, 3.8) is 0 Å². The average Bonchev–Trinajstić information content (AvgIpc) is 2.19. The second kappa shape index (κ2) is 5.53. The Morgan fingerprint density at radius 1 is 1.29 bits per heavy atom. The summed E-state index contributed by atoms with van der Waals surface area (Å²) in [7, 11) is 0. The highest BCUT2D eigenvalue weighted by Gasteiger charge is 2.34. The number of carbonyl (C=O) groups excluding carboxylic acids is 1. The Labute approximate surface area is 104 Å². The maximum atomic E-state index is 11.9. The first-order chi connectivity index (χ1) is 7.83. The molecule has 1 fully saturated rings. The molecule has 0 radical (unpaired) electrons. The maximum absolute atomic E-state index is 11.9. The number of esters is 1. The van der Waals surface area contributed by atoms with Gasteiger partial charge in [-0.05, 0) is 45.4 Å². The molecule has 1 saturated carbocycles. The van der Waals surface area contributed by atoms with E-state index in [-0.39, 0.29) is 11.9 Å². The van der Waals surface area contributed by atoms with Gasteiger partial charge in [-0.2, -0.15) is 5.26 Å². The Bertz CT molecular complexity index is 303. The summed E-state index contributed by atoms with van der Waals surface area (Å²) in [6.07, 6.45) is 4.18. The number of rotatable bonds is 2. The Kier molecular flexibility index (Phi) is 4.56. The summed E-state index contributed by atoms with van der Waals surface area (Å²) in [5, 5.41) is 9.16. The minimum absolute atomic E-state index is 0.186. The molecule has 0 heterocycles. The first kappa shape index (κ1) is 14.0. The molecular formula is C14H23NO2. The van der Waals surface area contributed by atoms with Gasteiger partial charge in [-0.1, -0.05) is 19.8 Å². The Balaban J connectivity index is 2.60. The predicted octanol–water partition coefficient (Wildman–Crippen LogP) is 3.29. The van der Waals surface area contributed by atoms with E-state index in [1.807, 2.05) is 20.8 Å². The average molecular weight is 237 g/mol. The number of ether oxygens (including phenoxy) is 1. The van der Waals surface area contributed by atoms with Crippen LogP contribution in [0.25, 0.3) is 0 Å². The van der Waals surface area contributed by atoms with Gasteiger partial charge in [0.1, 0.15) is 11.5 Å². The summed E-state index contributed by atoms with van der Waals surface area (Å²) in [5.41, 5.74) is -0.506. The third-order valence-electron chi connectivity index (χ3n) is 3.33. The van der Waals surface area contributed by atoms with Crippen LogP contribution in [0.1, 0.15) is 53.4 Å². The van der Waals surface area contributed by atoms with E-state index in [1.54, 1.807) is 0 Å². The lowest BCUT2D eigenvalue weighted by atomic mass is 9.77. The fraction of sp³-hybridized carbons (Fsp3) is 0.857. The monoisotopic (exact) mass is 237 g/mol. The van der Waals surface area contributed by atoms with Gasteiger partial charge in [0.15, 0.2) is 0 Å². The fourth-order valence-electron chi connectivity index (χ4n) is 2.34. The summed E-state index contributed by atoms with van der Waals surface area (Å²) < 4.78 is 5.31. The van der Waals surface area contributed by atoms with Crippen LogP contribution in [0.3, 0.4) is 0 Å². The van der Waals surface area contributed by atoms with E-state index in [0.717, 1.165) is 31.6 Å². The highest BCUT2D eigenvalue weighted by atomic mass is 16.6. The van der Waals surface area contributed by atoms with Gasteiger partial charge in [0.05, 0.1) is 6.07 Å². The maximum Gasteiger partial charge on any atom is 0.324 e. The van der Waals surface area contributed by atoms with Crippen LogP contribution in [0.5, 0.6) is 0 Å². The molecule has 17 heavy (non-hydrogen) atoms. The molecule has 3 nitrogen and oxygen atoms in total. The molecule has 0 aliphatic heterocycles. The molecule has 3 heteroatoms. The molecule has 0 bridgehead atoms. The van der Waals surface area contributed by atoms with Gasteiger partial charge >= 0.3 is 5.97 Å². The molecule has 0 saturated heterocycles. The van der Waals surface area contributed by atoms with Gasteiger partial charge in [0.25, 0.3) is 0 Å². The topological polar surface area (TPSA) is 50.1 Å². The van der Waals surface area contributed by atoms with Gasteiger partial charge in [-0.15, -0.1) is 0 Å². The first-order valence-electron chi connectivity index (χ1n) is 6.46. The van der Waals surface area contributed by atoms with Crippen molar-refractivity contribution in [3.05, 3.63) is 0 Å². The molecule has 0 N–H and O–H groups in total. The van der Waals surface area contributed by atoms with Gasteiger partial charge in [0, 0.05) is 0 Å². The molecule has 96 valence electrons. The Morgan fingerprint density at radius 2 is 1.82 bits per heavy atom. The zero-order chi connectivity index (χ0) is 13.1. The van der Waals surface area contributed by atoms with E-state index >= 15 is 0 Å². The lowest BCUT2D eigenvalue weighted by Crippen LogP contribution is -2.33. The van der Waals surface area contributed by atoms with Crippen molar-refractivity contribution in [3.8, 4) is 6.07 Å². The van der Waals surface area contributed by atoms with Gasteiger partial charge in [-0.3, -0.25) is 4.79 Å². The third-order valence-corrected chi connectivity index (χ3v) is 3.33. The molecule has 0 aromatic rings. The van der Waals surface area contributed by atoms with Crippen LogP contribution in [0.4, 0.5) is 0 Å².